The molecule has 0 aliphatic carbocycles. The van der Waals surface area contributed by atoms with Gasteiger partial charge in [-0.05, 0) is 90.0 Å². The largest absolute Gasteiger partial charge is 0.508 e. The van der Waals surface area contributed by atoms with Gasteiger partial charge in [-0.3, -0.25) is 14.6 Å². The molecule has 0 saturated carbocycles. The van der Waals surface area contributed by atoms with Crippen LogP contribution in [-0.4, -0.2) is 61.6 Å². The van der Waals surface area contributed by atoms with E-state index in [0.29, 0.717) is 23.1 Å². The maximum Gasteiger partial charge on any atom is 0.326 e. The standard InChI is InChI=1S/C40H38N4O8/c1-21-22(2)41-14-13-31(21)26-7-5-25(6-8-26)15-32(40(48)49)43-38(46)33-16-28-17-34-35(52-36(20-50-34)27-9-11-30(45)12-10-27)18-29(28)19-44(33)39(47)37-23(3)51-24(4)42-37/h5-14,17-18,32-33,36,45H,15-16,19-20H2,1-4H3,(H,43,46)(H,48,49)/t32-,33?,36?/m0/s1. The van der Waals surface area contributed by atoms with Gasteiger partial charge in [0.05, 0.1) is 0 Å². The number of carboxylic acid groups (broad SMARTS) is 1. The van der Waals surface area contributed by atoms with Crippen LogP contribution in [0.25, 0.3) is 11.1 Å². The highest BCUT2D eigenvalue weighted by molar-refractivity contribution is 5.98. The van der Waals surface area contributed by atoms with Crippen LogP contribution in [0.3, 0.4) is 0 Å². The molecule has 52 heavy (non-hydrogen) atoms. The van der Waals surface area contributed by atoms with Crippen LogP contribution in [0.1, 0.15) is 61.8 Å². The van der Waals surface area contributed by atoms with E-state index in [4.69, 9.17) is 13.9 Å². The predicted octanol–water partition coefficient (Wildman–Crippen LogP) is 5.57. The third-order valence-corrected chi connectivity index (χ3v) is 9.77. The quantitative estimate of drug-likeness (QED) is 0.186. The number of ether oxygens (including phenoxy) is 2. The Bertz CT molecular complexity index is 2180. The Kier molecular flexibility index (Phi) is 9.14. The van der Waals surface area contributed by atoms with Crippen LogP contribution in [0.2, 0.25) is 0 Å². The molecule has 3 atom stereocenters. The number of fused-ring (bicyclic) bond motifs is 2. The van der Waals surface area contributed by atoms with Gasteiger partial charge in [0.15, 0.2) is 29.2 Å². The van der Waals surface area contributed by atoms with Crippen molar-refractivity contribution in [2.75, 3.05) is 6.61 Å². The second-order valence-corrected chi connectivity index (χ2v) is 13.2. The number of aryl methyl sites for hydroxylation is 3. The second kappa shape index (κ2) is 13.9. The molecule has 4 heterocycles. The summed E-state index contributed by atoms with van der Waals surface area (Å²) in [6.45, 7) is 7.50. The Morgan fingerprint density at radius 2 is 1.69 bits per heavy atom. The summed E-state index contributed by atoms with van der Waals surface area (Å²) >= 11 is 0. The lowest BCUT2D eigenvalue weighted by atomic mass is 9.91. The van der Waals surface area contributed by atoms with E-state index in [-0.39, 0.29) is 37.4 Å². The fourth-order valence-corrected chi connectivity index (χ4v) is 6.79. The molecule has 0 fully saturated rings. The van der Waals surface area contributed by atoms with Gasteiger partial charge in [-0.2, -0.15) is 0 Å². The highest BCUT2D eigenvalue weighted by Crippen LogP contribution is 2.41. The van der Waals surface area contributed by atoms with Crippen molar-refractivity contribution in [2.45, 2.75) is 65.3 Å². The molecule has 3 N–H and O–H groups in total. The summed E-state index contributed by atoms with van der Waals surface area (Å²) in [6, 6.07) is 17.5. The maximum absolute atomic E-state index is 14.1. The first-order valence-corrected chi connectivity index (χ1v) is 17.0. The molecule has 2 amide bonds. The topological polar surface area (TPSA) is 164 Å². The van der Waals surface area contributed by atoms with Crippen LogP contribution >= 0.6 is 0 Å². The smallest absolute Gasteiger partial charge is 0.326 e. The number of hydrogen-bond donors (Lipinski definition) is 3. The summed E-state index contributed by atoms with van der Waals surface area (Å²) in [5.74, 6) is -0.560. The van der Waals surface area contributed by atoms with Crippen LogP contribution in [0.5, 0.6) is 17.2 Å². The average molecular weight is 703 g/mol. The molecule has 0 radical (unpaired) electrons. The summed E-state index contributed by atoms with van der Waals surface area (Å²) in [5, 5.41) is 22.6. The lowest BCUT2D eigenvalue weighted by molar-refractivity contribution is -0.142. The van der Waals surface area contributed by atoms with Crippen molar-refractivity contribution < 1.29 is 38.5 Å². The lowest BCUT2D eigenvalue weighted by Crippen LogP contribution is -2.56. The number of phenols is 1. The van der Waals surface area contributed by atoms with Gasteiger partial charge in [0.2, 0.25) is 5.91 Å². The number of nitrogens with zero attached hydrogens (tertiary/aromatic N) is 3. The van der Waals surface area contributed by atoms with Gasteiger partial charge >= 0.3 is 5.97 Å². The predicted molar refractivity (Wildman–Crippen MR) is 189 cm³/mol. The van der Waals surface area contributed by atoms with E-state index < -0.39 is 36.0 Å². The van der Waals surface area contributed by atoms with Gasteiger partial charge < -0.3 is 34.3 Å². The van der Waals surface area contributed by atoms with Crippen LogP contribution in [0.4, 0.5) is 0 Å². The van der Waals surface area contributed by atoms with E-state index in [9.17, 15) is 24.6 Å². The zero-order chi connectivity index (χ0) is 36.7. The van der Waals surface area contributed by atoms with Gasteiger partial charge in [0.1, 0.15) is 30.2 Å². The van der Waals surface area contributed by atoms with Crippen LogP contribution in [0, 0.1) is 27.7 Å². The highest BCUT2D eigenvalue weighted by atomic mass is 16.6. The molecule has 0 bridgehead atoms. The number of aliphatic carboxylic acids is 1. The van der Waals surface area contributed by atoms with Crippen molar-refractivity contribution in [3.63, 3.8) is 0 Å². The first-order chi connectivity index (χ1) is 24.9. The number of aromatic hydroxyl groups is 1. The number of amides is 2. The molecule has 7 rings (SSSR count). The van der Waals surface area contributed by atoms with Gasteiger partial charge in [-0.1, -0.05) is 36.4 Å². The van der Waals surface area contributed by atoms with Crippen molar-refractivity contribution in [2.24, 2.45) is 0 Å². The van der Waals surface area contributed by atoms with Crippen LogP contribution < -0.4 is 14.8 Å². The fourth-order valence-electron chi connectivity index (χ4n) is 6.79. The molecular formula is C40H38N4O8. The first kappa shape index (κ1) is 34.3. The second-order valence-electron chi connectivity index (χ2n) is 13.2. The molecule has 2 aliphatic heterocycles. The lowest BCUT2D eigenvalue weighted by Gasteiger charge is -2.37. The van der Waals surface area contributed by atoms with E-state index in [2.05, 4.69) is 15.3 Å². The number of carbonyl (C=O) groups excluding carboxylic acids is 2. The van der Waals surface area contributed by atoms with E-state index >= 15 is 0 Å². The Labute approximate surface area is 300 Å². The first-order valence-electron chi connectivity index (χ1n) is 17.0. The minimum absolute atomic E-state index is 0.0330. The Morgan fingerprint density at radius 3 is 2.38 bits per heavy atom. The minimum atomic E-state index is -1.25. The fraction of sp³-hybridized carbons (Fsp3) is 0.275. The number of phenolic OH excluding ortho intramolecular Hbond substituents is 1. The average Bonchev–Trinajstić information content (AvgIpc) is 3.48. The Hall–Kier alpha value is -6.17. The molecule has 3 aromatic carbocycles. The summed E-state index contributed by atoms with van der Waals surface area (Å²) in [7, 11) is 0. The van der Waals surface area contributed by atoms with E-state index in [1.54, 1.807) is 44.3 Å². The number of carbonyl (C=O) groups is 3. The summed E-state index contributed by atoms with van der Waals surface area (Å²) in [4.78, 5) is 50.7. The van der Waals surface area contributed by atoms with Crippen LogP contribution in [0.15, 0.2) is 77.3 Å². The molecule has 5 aromatic rings. The minimum Gasteiger partial charge on any atom is -0.508 e. The molecule has 12 heteroatoms. The molecule has 266 valence electrons. The van der Waals surface area contributed by atoms with Crippen molar-refractivity contribution >= 4 is 17.8 Å². The van der Waals surface area contributed by atoms with Gasteiger partial charge in [-0.15, -0.1) is 0 Å². The summed E-state index contributed by atoms with van der Waals surface area (Å²) in [6.07, 6.45) is 1.48. The highest BCUT2D eigenvalue weighted by Gasteiger charge is 2.39. The van der Waals surface area contributed by atoms with Crippen molar-refractivity contribution in [3.05, 3.63) is 124 Å². The van der Waals surface area contributed by atoms with E-state index in [1.165, 1.54) is 4.90 Å². The monoisotopic (exact) mass is 702 g/mol. The Morgan fingerprint density at radius 1 is 0.962 bits per heavy atom. The number of carboxylic acids is 1. The van der Waals surface area contributed by atoms with E-state index in [1.807, 2.05) is 56.3 Å². The molecule has 2 aromatic heterocycles. The molecule has 0 saturated heterocycles. The number of hydrogen-bond acceptors (Lipinski definition) is 9. The van der Waals surface area contributed by atoms with E-state index in [0.717, 1.165) is 44.6 Å². The van der Waals surface area contributed by atoms with Crippen LogP contribution in [-0.2, 0) is 29.0 Å². The number of pyridine rings is 1. The number of nitrogens with one attached hydrogen (secondary N) is 1. The normalized spacial score (nSPS) is 16.9. The molecule has 0 spiro atoms. The zero-order valence-corrected chi connectivity index (χ0v) is 29.2. The summed E-state index contributed by atoms with van der Waals surface area (Å²) < 4.78 is 17.9. The number of rotatable bonds is 8. The molecular weight excluding hydrogens is 664 g/mol. The molecule has 2 aliphatic rings. The number of benzene rings is 3. The van der Waals surface area contributed by atoms with Gasteiger partial charge in [-0.25, -0.2) is 9.78 Å². The molecule has 2 unspecified atom stereocenters. The zero-order valence-electron chi connectivity index (χ0n) is 29.2. The van der Waals surface area contributed by atoms with Crippen molar-refractivity contribution in [1.82, 2.24) is 20.2 Å². The van der Waals surface area contributed by atoms with Crippen molar-refractivity contribution in [1.29, 1.82) is 0 Å². The number of aromatic nitrogens is 2. The maximum atomic E-state index is 14.1. The van der Waals surface area contributed by atoms with Crippen molar-refractivity contribution in [3.8, 4) is 28.4 Å². The summed E-state index contributed by atoms with van der Waals surface area (Å²) in [5.41, 5.74) is 7.17. The third kappa shape index (κ3) is 6.79. The SMILES string of the molecule is Cc1nc(C(=O)N2Cc3cc4c(cc3CC2C(=O)N[C@@H](Cc2ccc(-c3ccnc(C)c3C)cc2)C(=O)O)OCC(c2ccc(O)cc2)O4)c(C)o1. The van der Waals surface area contributed by atoms with Gasteiger partial charge in [0, 0.05) is 38.2 Å². The number of oxazole rings is 1. The molecule has 12 nitrogen and oxygen atoms in total. The Balaban J connectivity index is 1.14. The van der Waals surface area contributed by atoms with Gasteiger partial charge in [0.25, 0.3) is 5.91 Å². The third-order valence-electron chi connectivity index (χ3n) is 9.77.